The van der Waals surface area contributed by atoms with E-state index in [4.69, 9.17) is 22.3 Å². The molecule has 0 heterocycles. The van der Waals surface area contributed by atoms with Crippen molar-refractivity contribution in [1.82, 2.24) is 16.0 Å². The van der Waals surface area contributed by atoms with Gasteiger partial charge in [0.15, 0.2) is 6.04 Å². The summed E-state index contributed by atoms with van der Waals surface area (Å²) in [6.07, 6.45) is -2.05. The fraction of sp³-hybridized carbons (Fsp3) is 0.625. The summed E-state index contributed by atoms with van der Waals surface area (Å²) in [4.78, 5) is 68.9. The first-order valence-corrected chi connectivity index (χ1v) is 8.95. The lowest BCUT2D eigenvalue weighted by molar-refractivity contribution is -0.144. The predicted octanol–water partition coefficient (Wildman–Crippen LogP) is -4.60. The van der Waals surface area contributed by atoms with Crippen molar-refractivity contribution >= 4 is 35.5 Å². The normalized spacial score (nSPS) is 14.5. The Morgan fingerprint density at radius 2 is 1.43 bits per heavy atom. The van der Waals surface area contributed by atoms with Gasteiger partial charge in [-0.1, -0.05) is 0 Å². The largest absolute Gasteiger partial charge is 0.480 e. The fourth-order valence-corrected chi connectivity index (χ4v) is 2.17. The van der Waals surface area contributed by atoms with Gasteiger partial charge in [-0.25, -0.2) is 4.79 Å². The summed E-state index contributed by atoms with van der Waals surface area (Å²) < 4.78 is 0. The molecule has 14 nitrogen and oxygen atoms in total. The van der Waals surface area contributed by atoms with E-state index in [0.29, 0.717) is 0 Å². The Balaban J connectivity index is 4.91. The quantitative estimate of drug-likeness (QED) is 0.131. The Hall–Kier alpha value is -3.26. The number of carboxylic acid groups (broad SMARTS) is 1. The molecule has 14 heteroatoms. The lowest BCUT2D eigenvalue weighted by atomic mass is 10.1. The fourth-order valence-electron chi connectivity index (χ4n) is 2.17. The summed E-state index contributed by atoms with van der Waals surface area (Å²) in [7, 11) is 0. The third-order valence-electron chi connectivity index (χ3n) is 3.84. The van der Waals surface area contributed by atoms with Crippen LogP contribution in [0.2, 0.25) is 0 Å². The van der Waals surface area contributed by atoms with Gasteiger partial charge in [-0.15, -0.1) is 0 Å². The van der Waals surface area contributed by atoms with E-state index in [2.05, 4.69) is 10.6 Å². The van der Waals surface area contributed by atoms with E-state index >= 15 is 0 Å². The summed E-state index contributed by atoms with van der Waals surface area (Å²) >= 11 is 0. The summed E-state index contributed by atoms with van der Waals surface area (Å²) in [5, 5.41) is 24.7. The van der Waals surface area contributed by atoms with Crippen LogP contribution < -0.4 is 33.2 Å². The molecule has 0 aliphatic carbocycles. The van der Waals surface area contributed by atoms with Gasteiger partial charge in [0.25, 0.3) is 0 Å². The van der Waals surface area contributed by atoms with E-state index in [1.54, 1.807) is 0 Å². The third kappa shape index (κ3) is 10.9. The summed E-state index contributed by atoms with van der Waals surface area (Å²) in [5.41, 5.74) is 15.6. The number of carboxylic acids is 1. The number of nitrogens with two attached hydrogens (primary N) is 3. The second-order valence-corrected chi connectivity index (χ2v) is 6.52. The number of carbonyl (C=O) groups is 6. The minimum absolute atomic E-state index is 0.0658. The highest BCUT2D eigenvalue weighted by atomic mass is 16.4. The zero-order valence-corrected chi connectivity index (χ0v) is 16.4. The number of aliphatic carboxylic acids is 1. The molecule has 0 rings (SSSR count). The van der Waals surface area contributed by atoms with Crippen molar-refractivity contribution in [3.05, 3.63) is 0 Å². The molecule has 4 atom stereocenters. The van der Waals surface area contributed by atoms with Crippen LogP contribution >= 0.6 is 0 Å². The van der Waals surface area contributed by atoms with E-state index in [0.717, 1.165) is 6.92 Å². The molecule has 0 aromatic carbocycles. The van der Waals surface area contributed by atoms with Crippen molar-refractivity contribution in [2.24, 2.45) is 17.2 Å². The van der Waals surface area contributed by atoms with Crippen LogP contribution in [0.5, 0.6) is 0 Å². The molecule has 0 aromatic heterocycles. The summed E-state index contributed by atoms with van der Waals surface area (Å²) in [6.45, 7) is 0.501. The molecular formula is C16H28N6O8. The second-order valence-electron chi connectivity index (χ2n) is 6.52. The maximum atomic E-state index is 12.3. The topological polar surface area (TPSA) is 257 Å². The molecule has 30 heavy (non-hydrogen) atoms. The van der Waals surface area contributed by atoms with Crippen molar-refractivity contribution in [3.8, 4) is 0 Å². The Morgan fingerprint density at radius 3 is 1.90 bits per heavy atom. The molecular weight excluding hydrogens is 404 g/mol. The molecule has 0 aliphatic rings. The Kier molecular flexibility index (Phi) is 11.6. The van der Waals surface area contributed by atoms with Crippen molar-refractivity contribution < 1.29 is 39.0 Å². The average Bonchev–Trinajstić information content (AvgIpc) is 2.64. The van der Waals surface area contributed by atoms with Gasteiger partial charge in [-0.3, -0.25) is 24.0 Å². The van der Waals surface area contributed by atoms with Crippen LogP contribution in [0.3, 0.4) is 0 Å². The molecule has 0 aliphatic heterocycles. The minimum Gasteiger partial charge on any atom is -0.480 e. The molecule has 0 radical (unpaired) electrons. The second kappa shape index (κ2) is 13.1. The SMILES string of the molecule is CC(O)C(NC(=O)CNC(=O)C(CCC(N)=O)NC(=O)C(N)CCC(N)=O)C(=O)O. The third-order valence-corrected chi connectivity index (χ3v) is 3.84. The van der Waals surface area contributed by atoms with E-state index in [1.165, 1.54) is 0 Å². The highest BCUT2D eigenvalue weighted by Gasteiger charge is 2.27. The smallest absolute Gasteiger partial charge is 0.328 e. The molecule has 5 amide bonds. The number of aliphatic hydroxyl groups is 1. The molecule has 0 aromatic rings. The number of aliphatic hydroxyl groups excluding tert-OH is 1. The molecule has 11 N–H and O–H groups in total. The summed E-state index contributed by atoms with van der Waals surface area (Å²) in [5.74, 6) is -5.42. The molecule has 0 saturated carbocycles. The van der Waals surface area contributed by atoms with Crippen LogP contribution in [0.4, 0.5) is 0 Å². The van der Waals surface area contributed by atoms with Gasteiger partial charge in [-0.05, 0) is 19.8 Å². The van der Waals surface area contributed by atoms with Crippen LogP contribution in [0.25, 0.3) is 0 Å². The maximum absolute atomic E-state index is 12.3. The number of rotatable bonds is 14. The van der Waals surface area contributed by atoms with Gasteiger partial charge in [0.05, 0.1) is 18.7 Å². The molecule has 4 unspecified atom stereocenters. The monoisotopic (exact) mass is 432 g/mol. The van der Waals surface area contributed by atoms with Crippen molar-refractivity contribution in [1.29, 1.82) is 0 Å². The summed E-state index contributed by atoms with van der Waals surface area (Å²) in [6, 6.07) is -4.00. The van der Waals surface area contributed by atoms with E-state index in [1.807, 2.05) is 5.32 Å². The van der Waals surface area contributed by atoms with Crippen LogP contribution in [-0.4, -0.2) is 76.5 Å². The average molecular weight is 432 g/mol. The predicted molar refractivity (Wildman–Crippen MR) is 101 cm³/mol. The van der Waals surface area contributed by atoms with E-state index in [9.17, 15) is 33.9 Å². The van der Waals surface area contributed by atoms with Gasteiger partial charge in [0, 0.05) is 12.8 Å². The first-order chi connectivity index (χ1) is 13.8. The zero-order valence-electron chi connectivity index (χ0n) is 16.4. The number of primary amides is 2. The number of amides is 5. The van der Waals surface area contributed by atoms with Gasteiger partial charge < -0.3 is 43.4 Å². The molecule has 0 spiro atoms. The molecule has 170 valence electrons. The van der Waals surface area contributed by atoms with E-state index < -0.39 is 66.3 Å². The van der Waals surface area contributed by atoms with Crippen LogP contribution in [0.1, 0.15) is 32.6 Å². The van der Waals surface area contributed by atoms with Crippen molar-refractivity contribution in [2.75, 3.05) is 6.54 Å². The van der Waals surface area contributed by atoms with Crippen molar-refractivity contribution in [2.45, 2.75) is 56.8 Å². The number of carbonyl (C=O) groups excluding carboxylic acids is 5. The highest BCUT2D eigenvalue weighted by Crippen LogP contribution is 2.01. The minimum atomic E-state index is -1.58. The van der Waals surface area contributed by atoms with Crippen LogP contribution in [0.15, 0.2) is 0 Å². The van der Waals surface area contributed by atoms with Crippen molar-refractivity contribution in [3.63, 3.8) is 0 Å². The molecule has 0 fully saturated rings. The first kappa shape index (κ1) is 26.7. The Morgan fingerprint density at radius 1 is 0.900 bits per heavy atom. The number of nitrogens with one attached hydrogen (secondary N) is 3. The molecule has 0 saturated heterocycles. The highest BCUT2D eigenvalue weighted by molar-refractivity contribution is 5.93. The lowest BCUT2D eigenvalue weighted by Gasteiger charge is -2.21. The van der Waals surface area contributed by atoms with Crippen LogP contribution in [-0.2, 0) is 28.8 Å². The standard InChI is InChI=1S/C16H28N6O8/c1-7(23)13(16(29)30)22-12(26)6-20-15(28)9(3-5-11(19)25)21-14(27)8(17)2-4-10(18)24/h7-9,13,23H,2-6,17H2,1H3,(H2,18,24)(H2,19,25)(H,20,28)(H,21,27)(H,22,26)(H,29,30). The van der Waals surface area contributed by atoms with Gasteiger partial charge in [0.2, 0.25) is 29.5 Å². The lowest BCUT2D eigenvalue weighted by Crippen LogP contribution is -2.54. The first-order valence-electron chi connectivity index (χ1n) is 8.95. The van der Waals surface area contributed by atoms with E-state index in [-0.39, 0.29) is 25.7 Å². The zero-order chi connectivity index (χ0) is 23.4. The Bertz CT molecular complexity index is 668. The van der Waals surface area contributed by atoms with Gasteiger partial charge >= 0.3 is 5.97 Å². The maximum Gasteiger partial charge on any atom is 0.328 e. The number of hydrogen-bond donors (Lipinski definition) is 8. The van der Waals surface area contributed by atoms with Crippen LogP contribution in [0, 0.1) is 0 Å². The molecule has 0 bridgehead atoms. The number of hydrogen-bond acceptors (Lipinski definition) is 8. The van der Waals surface area contributed by atoms with Gasteiger partial charge in [0.1, 0.15) is 6.04 Å². The van der Waals surface area contributed by atoms with Gasteiger partial charge in [-0.2, -0.15) is 0 Å². The Labute approximate surface area is 171 Å².